The molecule has 1 saturated heterocycles. The Morgan fingerprint density at radius 1 is 1.06 bits per heavy atom. The van der Waals surface area contributed by atoms with E-state index in [1.165, 1.54) is 4.31 Å². The van der Waals surface area contributed by atoms with E-state index in [9.17, 15) is 13.2 Å². The van der Waals surface area contributed by atoms with Crippen LogP contribution in [0.15, 0.2) is 48.5 Å². The van der Waals surface area contributed by atoms with Crippen LogP contribution in [0.25, 0.3) is 0 Å². The Bertz CT molecular complexity index is 1010. The lowest BCUT2D eigenvalue weighted by molar-refractivity contribution is -0.126. The molecule has 1 fully saturated rings. The molecule has 0 aliphatic carbocycles. The molecular weight excluding hydrogens is 416 g/mol. The molecule has 1 atom stereocenters. The zero-order valence-corrected chi connectivity index (χ0v) is 18.4. The highest BCUT2D eigenvalue weighted by atomic mass is 32.2. The molecule has 1 N–H and O–H groups in total. The Morgan fingerprint density at radius 3 is 2.45 bits per heavy atom. The fourth-order valence-electron chi connectivity index (χ4n) is 3.90. The molecule has 0 radical (unpaired) electrons. The fraction of sp³-hybridized carbons (Fsp3) is 0.435. The summed E-state index contributed by atoms with van der Waals surface area (Å²) in [7, 11) is -3.39. The van der Waals surface area contributed by atoms with Gasteiger partial charge in [0.05, 0.1) is 12.3 Å². The number of rotatable bonds is 6. The first kappa shape index (κ1) is 21.6. The van der Waals surface area contributed by atoms with Gasteiger partial charge in [-0.15, -0.1) is 0 Å². The monoisotopic (exact) mass is 444 g/mol. The average molecular weight is 445 g/mol. The number of amides is 1. The van der Waals surface area contributed by atoms with Gasteiger partial charge in [0, 0.05) is 19.0 Å². The molecule has 7 nitrogen and oxygen atoms in total. The summed E-state index contributed by atoms with van der Waals surface area (Å²) in [6.07, 6.45) is 0.794. The zero-order valence-electron chi connectivity index (χ0n) is 17.6. The summed E-state index contributed by atoms with van der Waals surface area (Å²) < 4.78 is 38.5. The average Bonchev–Trinajstić information content (AvgIpc) is 2.79. The summed E-state index contributed by atoms with van der Waals surface area (Å²) in [5.41, 5.74) is 1.88. The van der Waals surface area contributed by atoms with Crippen LogP contribution in [0.1, 0.15) is 24.0 Å². The van der Waals surface area contributed by atoms with Crippen molar-refractivity contribution in [1.82, 2.24) is 9.62 Å². The van der Waals surface area contributed by atoms with Crippen LogP contribution in [0, 0.1) is 12.8 Å². The Morgan fingerprint density at radius 2 is 1.74 bits per heavy atom. The summed E-state index contributed by atoms with van der Waals surface area (Å²) >= 11 is 0. The molecule has 0 saturated carbocycles. The number of fused-ring (bicyclic) bond motifs is 1. The van der Waals surface area contributed by atoms with Crippen molar-refractivity contribution in [1.29, 1.82) is 0 Å². The number of piperidine rings is 1. The summed E-state index contributed by atoms with van der Waals surface area (Å²) in [6.45, 7) is 3.44. The highest BCUT2D eigenvalue weighted by molar-refractivity contribution is 7.88. The van der Waals surface area contributed by atoms with Gasteiger partial charge in [-0.05, 0) is 37.5 Å². The second-order valence-electron chi connectivity index (χ2n) is 8.16. The van der Waals surface area contributed by atoms with Crippen molar-refractivity contribution >= 4 is 15.9 Å². The molecular formula is C23H28N2O5S. The normalized spacial score (nSPS) is 19.7. The van der Waals surface area contributed by atoms with Crippen molar-refractivity contribution in [3.05, 3.63) is 59.7 Å². The molecule has 166 valence electrons. The number of carbonyl (C=O) groups is 1. The third kappa shape index (κ3) is 5.37. The van der Waals surface area contributed by atoms with Gasteiger partial charge < -0.3 is 14.8 Å². The van der Waals surface area contributed by atoms with Crippen LogP contribution in [0.5, 0.6) is 11.5 Å². The maximum absolute atomic E-state index is 12.7. The molecule has 2 aliphatic rings. The highest BCUT2D eigenvalue weighted by Gasteiger charge is 2.31. The van der Waals surface area contributed by atoms with Crippen molar-refractivity contribution in [2.75, 3.05) is 26.2 Å². The third-order valence-electron chi connectivity index (χ3n) is 5.76. The highest BCUT2D eigenvalue weighted by Crippen LogP contribution is 2.30. The first-order valence-corrected chi connectivity index (χ1v) is 12.2. The molecule has 2 aliphatic heterocycles. The zero-order chi connectivity index (χ0) is 21.8. The predicted molar refractivity (Wildman–Crippen MR) is 117 cm³/mol. The molecule has 0 aromatic heterocycles. The number of carbonyl (C=O) groups excluding carboxylic acids is 1. The first-order chi connectivity index (χ1) is 14.9. The Kier molecular flexibility index (Phi) is 6.48. The molecule has 8 heteroatoms. The van der Waals surface area contributed by atoms with Crippen LogP contribution in [0.2, 0.25) is 0 Å². The first-order valence-electron chi connectivity index (χ1n) is 10.6. The molecule has 2 heterocycles. The predicted octanol–water partition coefficient (Wildman–Crippen LogP) is 2.49. The van der Waals surface area contributed by atoms with Gasteiger partial charge >= 0.3 is 0 Å². The van der Waals surface area contributed by atoms with E-state index in [2.05, 4.69) is 5.32 Å². The van der Waals surface area contributed by atoms with E-state index in [0.717, 1.165) is 11.1 Å². The third-order valence-corrected chi connectivity index (χ3v) is 7.61. The number of benzene rings is 2. The largest absolute Gasteiger partial charge is 0.486 e. The van der Waals surface area contributed by atoms with Crippen LogP contribution >= 0.6 is 0 Å². The molecule has 2 aromatic carbocycles. The van der Waals surface area contributed by atoms with Crippen molar-refractivity contribution < 1.29 is 22.7 Å². The minimum Gasteiger partial charge on any atom is -0.486 e. The molecule has 0 unspecified atom stereocenters. The van der Waals surface area contributed by atoms with E-state index in [-0.39, 0.29) is 23.7 Å². The summed E-state index contributed by atoms with van der Waals surface area (Å²) in [5.74, 6) is 1.13. The smallest absolute Gasteiger partial charge is 0.223 e. The maximum atomic E-state index is 12.7. The molecule has 4 rings (SSSR count). The lowest BCUT2D eigenvalue weighted by Gasteiger charge is -2.31. The quantitative estimate of drug-likeness (QED) is 0.740. The fourth-order valence-corrected chi connectivity index (χ4v) is 5.47. The van der Waals surface area contributed by atoms with Gasteiger partial charge in [0.25, 0.3) is 0 Å². The molecule has 1 amide bonds. The van der Waals surface area contributed by atoms with Gasteiger partial charge in [0.2, 0.25) is 15.9 Å². The van der Waals surface area contributed by atoms with Crippen LogP contribution < -0.4 is 14.8 Å². The van der Waals surface area contributed by atoms with Gasteiger partial charge in [-0.1, -0.05) is 42.0 Å². The Hall–Kier alpha value is -2.58. The van der Waals surface area contributed by atoms with Gasteiger partial charge in [-0.2, -0.15) is 0 Å². The minimum absolute atomic E-state index is 0.00929. The van der Waals surface area contributed by atoms with Crippen molar-refractivity contribution in [2.45, 2.75) is 31.6 Å². The summed E-state index contributed by atoms with van der Waals surface area (Å²) in [5, 5.41) is 2.94. The Labute approximate surface area is 183 Å². The van der Waals surface area contributed by atoms with Crippen molar-refractivity contribution in [2.24, 2.45) is 5.92 Å². The molecule has 0 bridgehead atoms. The second-order valence-corrected chi connectivity index (χ2v) is 10.1. The second kappa shape index (κ2) is 9.28. The number of nitrogens with zero attached hydrogens (tertiary/aromatic N) is 1. The van der Waals surface area contributed by atoms with E-state index >= 15 is 0 Å². The number of aryl methyl sites for hydroxylation is 1. The number of ether oxygens (including phenoxy) is 2. The topological polar surface area (TPSA) is 84.9 Å². The molecule has 2 aromatic rings. The van der Waals surface area contributed by atoms with Crippen LogP contribution in [-0.2, 0) is 20.6 Å². The maximum Gasteiger partial charge on any atom is 0.223 e. The van der Waals surface area contributed by atoms with Crippen LogP contribution in [0.4, 0.5) is 0 Å². The number of nitrogens with one attached hydrogen (secondary N) is 1. The number of sulfonamides is 1. The van der Waals surface area contributed by atoms with Gasteiger partial charge in [0.15, 0.2) is 11.5 Å². The van der Waals surface area contributed by atoms with Crippen LogP contribution in [0.3, 0.4) is 0 Å². The van der Waals surface area contributed by atoms with E-state index in [1.54, 1.807) is 0 Å². The molecule has 31 heavy (non-hydrogen) atoms. The van der Waals surface area contributed by atoms with Gasteiger partial charge in [0.1, 0.15) is 12.7 Å². The van der Waals surface area contributed by atoms with Gasteiger partial charge in [-0.3, -0.25) is 4.79 Å². The van der Waals surface area contributed by atoms with E-state index in [4.69, 9.17) is 9.47 Å². The van der Waals surface area contributed by atoms with E-state index in [0.29, 0.717) is 50.6 Å². The lowest BCUT2D eigenvalue weighted by atomic mass is 9.97. The lowest BCUT2D eigenvalue weighted by Crippen LogP contribution is -2.46. The van der Waals surface area contributed by atoms with E-state index in [1.807, 2.05) is 55.5 Å². The van der Waals surface area contributed by atoms with Crippen molar-refractivity contribution in [3.8, 4) is 11.5 Å². The minimum atomic E-state index is -3.39. The Balaban J connectivity index is 1.24. The SMILES string of the molecule is Cc1ccc(CS(=O)(=O)N2CCC(C(=O)NC[C@@H]3COc4ccccc4O3)CC2)cc1. The summed E-state index contributed by atoms with van der Waals surface area (Å²) in [6, 6.07) is 15.0. The summed E-state index contributed by atoms with van der Waals surface area (Å²) in [4.78, 5) is 12.6. The van der Waals surface area contributed by atoms with Crippen LogP contribution in [-0.4, -0.2) is 51.0 Å². The molecule has 0 spiro atoms. The number of hydrogen-bond acceptors (Lipinski definition) is 5. The van der Waals surface area contributed by atoms with E-state index < -0.39 is 10.0 Å². The van der Waals surface area contributed by atoms with Crippen molar-refractivity contribution in [3.63, 3.8) is 0 Å². The van der Waals surface area contributed by atoms with Gasteiger partial charge in [-0.25, -0.2) is 12.7 Å². The standard InChI is InChI=1S/C23H28N2O5S/c1-17-6-8-18(9-7-17)16-31(27,28)25-12-10-19(11-13-25)23(26)24-14-20-15-29-21-4-2-3-5-22(21)30-20/h2-9,19-20H,10-16H2,1H3,(H,24,26)/t20-/m1/s1. The number of hydrogen-bond donors (Lipinski definition) is 1. The number of para-hydroxylation sites is 2.